The zero-order chi connectivity index (χ0) is 28.6. The number of carboxylic acid groups (broad SMARTS) is 1. The zero-order valence-electron chi connectivity index (χ0n) is 22.2. The van der Waals surface area contributed by atoms with Crippen LogP contribution in [0.2, 0.25) is 0 Å². The normalized spacial score (nSPS) is 20.6. The van der Waals surface area contributed by atoms with Gasteiger partial charge in [0.05, 0.1) is 13.0 Å². The predicted octanol–water partition coefficient (Wildman–Crippen LogP) is 5.69. The molecule has 2 aliphatic heterocycles. The number of hydrogen-bond acceptors (Lipinski definition) is 7. The van der Waals surface area contributed by atoms with E-state index in [9.17, 15) is 14.3 Å². The number of hydrogen-bond donors (Lipinski definition) is 2. The largest absolute Gasteiger partial charge is 0.492 e. The lowest BCUT2D eigenvalue weighted by atomic mass is 9.96. The van der Waals surface area contributed by atoms with Crippen molar-refractivity contribution >= 4 is 5.97 Å². The summed E-state index contributed by atoms with van der Waals surface area (Å²) in [6, 6.07) is 12.3. The van der Waals surface area contributed by atoms with Crippen LogP contribution in [-0.2, 0) is 16.0 Å². The summed E-state index contributed by atoms with van der Waals surface area (Å²) in [5, 5.41) is 19.7. The third-order valence-electron chi connectivity index (χ3n) is 7.85. The highest BCUT2D eigenvalue weighted by molar-refractivity contribution is 5.68. The zero-order valence-corrected chi connectivity index (χ0v) is 22.2. The third kappa shape index (κ3) is 5.80. The highest BCUT2D eigenvalue weighted by Crippen LogP contribution is 2.44. The molecule has 1 aliphatic carbocycles. The quantitative estimate of drug-likeness (QED) is 0.339. The van der Waals surface area contributed by atoms with E-state index in [1.54, 1.807) is 24.3 Å². The average molecular weight is 569 g/mol. The molecule has 3 aliphatic rings. The Kier molecular flexibility index (Phi) is 7.44. The first-order valence-electron chi connectivity index (χ1n) is 13.6. The van der Waals surface area contributed by atoms with Crippen molar-refractivity contribution in [3.63, 3.8) is 0 Å². The van der Waals surface area contributed by atoms with Crippen LogP contribution in [0.25, 0.3) is 0 Å². The third-order valence-corrected chi connectivity index (χ3v) is 7.85. The summed E-state index contributed by atoms with van der Waals surface area (Å²) >= 11 is 0. The van der Waals surface area contributed by atoms with Gasteiger partial charge in [0.2, 0.25) is 0 Å². The van der Waals surface area contributed by atoms with Gasteiger partial charge in [0.25, 0.3) is 0 Å². The van der Waals surface area contributed by atoms with Crippen molar-refractivity contribution in [3.8, 4) is 28.7 Å². The van der Waals surface area contributed by atoms with Gasteiger partial charge in [-0.1, -0.05) is 6.07 Å². The first-order chi connectivity index (χ1) is 19.8. The minimum Gasteiger partial charge on any atom is -0.492 e. The minimum atomic E-state index is -1.05. The second-order valence-electron chi connectivity index (χ2n) is 10.7. The van der Waals surface area contributed by atoms with Gasteiger partial charge in [0, 0.05) is 60.8 Å². The molecule has 0 spiro atoms. The molecule has 0 bridgehead atoms. The lowest BCUT2D eigenvalue weighted by Crippen LogP contribution is -2.41. The Labute approximate surface area is 235 Å². The minimum absolute atomic E-state index is 0.00247. The molecule has 2 N–H and O–H groups in total. The highest BCUT2D eigenvalue weighted by Gasteiger charge is 2.33. The fraction of sp³-hybridized carbons (Fsp3) is 0.387. The molecule has 3 aromatic rings. The van der Waals surface area contributed by atoms with Gasteiger partial charge in [0.15, 0.2) is 11.6 Å². The number of halogens is 2. The Morgan fingerprint density at radius 1 is 1.00 bits per heavy atom. The molecule has 1 fully saturated rings. The molecule has 0 amide bonds. The van der Waals surface area contributed by atoms with Crippen molar-refractivity contribution in [1.29, 1.82) is 0 Å². The molecule has 41 heavy (non-hydrogen) atoms. The molecule has 1 saturated heterocycles. The number of carboxylic acids is 1. The summed E-state index contributed by atoms with van der Waals surface area (Å²) in [4.78, 5) is 11.1. The summed E-state index contributed by atoms with van der Waals surface area (Å²) in [5.74, 6) is -0.465. The second kappa shape index (κ2) is 11.2. The molecule has 0 aromatic heterocycles. The summed E-state index contributed by atoms with van der Waals surface area (Å²) < 4.78 is 58.5. The van der Waals surface area contributed by atoms with Crippen molar-refractivity contribution in [1.82, 2.24) is 0 Å². The van der Waals surface area contributed by atoms with Gasteiger partial charge in [0.1, 0.15) is 47.1 Å². The van der Waals surface area contributed by atoms with E-state index in [1.807, 2.05) is 0 Å². The summed E-state index contributed by atoms with van der Waals surface area (Å²) in [6.45, 7) is 1.11. The predicted molar refractivity (Wildman–Crippen MR) is 142 cm³/mol. The van der Waals surface area contributed by atoms with Crippen LogP contribution < -0.4 is 18.9 Å². The monoisotopic (exact) mass is 568 g/mol. The molecule has 6 rings (SSSR count). The van der Waals surface area contributed by atoms with Crippen LogP contribution in [0.5, 0.6) is 28.7 Å². The number of rotatable bonds is 9. The van der Waals surface area contributed by atoms with Crippen LogP contribution in [0.15, 0.2) is 48.5 Å². The van der Waals surface area contributed by atoms with Crippen molar-refractivity contribution in [2.75, 3.05) is 26.4 Å². The molecule has 216 valence electrons. The van der Waals surface area contributed by atoms with E-state index in [0.717, 1.165) is 5.56 Å². The van der Waals surface area contributed by atoms with Gasteiger partial charge in [-0.15, -0.1) is 0 Å². The molecule has 0 radical (unpaired) electrons. The van der Waals surface area contributed by atoms with Crippen LogP contribution in [-0.4, -0.2) is 48.2 Å². The molecule has 10 heteroatoms. The first kappa shape index (κ1) is 27.3. The molecule has 2 atom stereocenters. The second-order valence-corrected chi connectivity index (χ2v) is 10.7. The van der Waals surface area contributed by atoms with Gasteiger partial charge in [-0.25, -0.2) is 8.78 Å². The van der Waals surface area contributed by atoms with Crippen molar-refractivity contribution < 1.29 is 47.5 Å². The fourth-order valence-electron chi connectivity index (χ4n) is 5.63. The van der Waals surface area contributed by atoms with E-state index in [4.69, 9.17) is 28.8 Å². The van der Waals surface area contributed by atoms with Crippen molar-refractivity contribution in [3.05, 3.63) is 76.9 Å². The Morgan fingerprint density at radius 2 is 1.78 bits per heavy atom. The summed E-state index contributed by atoms with van der Waals surface area (Å²) in [7, 11) is 0. The van der Waals surface area contributed by atoms with Gasteiger partial charge in [-0.3, -0.25) is 4.79 Å². The lowest BCUT2D eigenvalue weighted by molar-refractivity contribution is -0.137. The molecule has 3 aromatic carbocycles. The molecule has 0 saturated carbocycles. The van der Waals surface area contributed by atoms with E-state index < -0.39 is 29.3 Å². The molecule has 1 unspecified atom stereocenters. The number of benzene rings is 3. The Bertz CT molecular complexity index is 1450. The molecular weight excluding hydrogens is 538 g/mol. The SMILES string of the molecule is O=C(O)CC1COc2cc(O[C@@H]3CCc4c(Oc5ccc(OCC6(O)CCOCC6)c(F)c5)ccc(F)c43)ccc21. The van der Waals surface area contributed by atoms with E-state index >= 15 is 4.39 Å². The first-order valence-corrected chi connectivity index (χ1v) is 13.6. The summed E-state index contributed by atoms with van der Waals surface area (Å²) in [6.07, 6.45) is 1.28. The maximum absolute atomic E-state index is 15.0. The van der Waals surface area contributed by atoms with Crippen LogP contribution in [0.4, 0.5) is 8.78 Å². The topological polar surface area (TPSA) is 104 Å². The average Bonchev–Trinajstić information content (AvgIpc) is 3.55. The van der Waals surface area contributed by atoms with Crippen LogP contribution in [0, 0.1) is 11.6 Å². The van der Waals surface area contributed by atoms with Gasteiger partial charge >= 0.3 is 5.97 Å². The summed E-state index contributed by atoms with van der Waals surface area (Å²) in [5.41, 5.74) is 0.800. The van der Waals surface area contributed by atoms with Gasteiger partial charge < -0.3 is 33.9 Å². The molecule has 8 nitrogen and oxygen atoms in total. The lowest BCUT2D eigenvalue weighted by Gasteiger charge is -2.31. The Morgan fingerprint density at radius 3 is 2.56 bits per heavy atom. The number of aliphatic carboxylic acids is 1. The van der Waals surface area contributed by atoms with Crippen LogP contribution in [0.3, 0.4) is 0 Å². The van der Waals surface area contributed by atoms with Gasteiger partial charge in [-0.2, -0.15) is 0 Å². The Hall–Kier alpha value is -3.89. The number of ether oxygens (including phenoxy) is 5. The van der Waals surface area contributed by atoms with Gasteiger partial charge in [-0.05, 0) is 43.2 Å². The maximum atomic E-state index is 15.0. The van der Waals surface area contributed by atoms with Crippen molar-refractivity contribution in [2.24, 2.45) is 0 Å². The molecule has 2 heterocycles. The van der Waals surface area contributed by atoms with E-state index in [2.05, 4.69) is 0 Å². The number of carbonyl (C=O) groups is 1. The van der Waals surface area contributed by atoms with Crippen LogP contribution in [0.1, 0.15) is 54.4 Å². The fourth-order valence-corrected chi connectivity index (χ4v) is 5.63. The Balaban J connectivity index is 1.14. The number of aliphatic hydroxyl groups is 1. The standard InChI is InChI=1S/C31H30F2O8/c32-23-5-8-25(40-19-2-6-26(24(33)14-19)39-17-31(36)9-11-37-12-10-31)22-4-7-27(30(22)23)41-20-1-3-21-18(13-29(34)35)16-38-28(21)15-20/h1-3,5-6,8,14-15,18,27,36H,4,7,9-13,16-17H2,(H,34,35)/t18?,27-/m1/s1. The van der Waals surface area contributed by atoms with E-state index in [0.29, 0.717) is 67.3 Å². The van der Waals surface area contributed by atoms with Crippen LogP contribution >= 0.6 is 0 Å². The number of fused-ring (bicyclic) bond motifs is 2. The smallest absolute Gasteiger partial charge is 0.304 e. The van der Waals surface area contributed by atoms with E-state index in [1.165, 1.54) is 24.3 Å². The maximum Gasteiger partial charge on any atom is 0.304 e. The van der Waals surface area contributed by atoms with E-state index in [-0.39, 0.29) is 37.1 Å². The highest BCUT2D eigenvalue weighted by atomic mass is 19.1. The molecular formula is C31H30F2O8. The van der Waals surface area contributed by atoms with Crippen molar-refractivity contribution in [2.45, 2.75) is 49.7 Å².